The van der Waals surface area contributed by atoms with Crippen LogP contribution in [0, 0.1) is 0 Å². The molecule has 3 N–H and O–H groups in total. The molecule has 15 heavy (non-hydrogen) atoms. The zero-order chi connectivity index (χ0) is 12.4. The lowest BCUT2D eigenvalue weighted by atomic mass is 10.2. The maximum atomic E-state index is 11.5. The number of thioether (sulfide) groups is 1. The summed E-state index contributed by atoms with van der Waals surface area (Å²) in [6.07, 6.45) is 2.53. The Labute approximate surface area is 94.9 Å². The molecule has 0 spiro atoms. The van der Waals surface area contributed by atoms with Crippen LogP contribution in [-0.4, -0.2) is 43.5 Å². The normalized spacial score (nSPS) is 13.3. The Morgan fingerprint density at radius 3 is 3.00 bits per heavy atom. The van der Waals surface area contributed by atoms with E-state index in [-0.39, 0.29) is 23.5 Å². The van der Waals surface area contributed by atoms with Gasteiger partial charge in [0, 0.05) is 5.75 Å². The Morgan fingerprint density at radius 2 is 2.47 bits per heavy atom. The topological polar surface area (TPSA) is 81.4 Å². The van der Waals surface area contributed by atoms with Crippen molar-refractivity contribution in [3.63, 3.8) is 0 Å². The molecule has 6 heteroatoms. The average molecular weight is 234 g/mol. The van der Waals surface area contributed by atoms with Crippen molar-refractivity contribution in [2.24, 2.45) is 5.73 Å². The van der Waals surface area contributed by atoms with Gasteiger partial charge in [-0.1, -0.05) is 0 Å². The largest absolute Gasteiger partial charge is 0.468 e. The van der Waals surface area contributed by atoms with Crippen LogP contribution in [0.4, 0.5) is 0 Å². The summed E-state index contributed by atoms with van der Waals surface area (Å²) >= 11 is 1.32. The van der Waals surface area contributed by atoms with Crippen molar-refractivity contribution in [3.05, 3.63) is 12.3 Å². The van der Waals surface area contributed by atoms with Crippen LogP contribution in [-0.2, 0) is 14.3 Å². The SMILES string of the molecule is [3H]NC=CC(=O)[C@H](CSCC(=O)OC)NC. The molecule has 1 atom stereocenters. The van der Waals surface area contributed by atoms with E-state index in [1.165, 1.54) is 31.1 Å². The van der Waals surface area contributed by atoms with Gasteiger partial charge in [0.25, 0.3) is 0 Å². The number of carbonyl (C=O) groups is 2. The smallest absolute Gasteiger partial charge is 0.315 e. The number of hydrogen-bond donors (Lipinski definition) is 2. The van der Waals surface area contributed by atoms with Gasteiger partial charge in [-0.15, -0.1) is 11.8 Å². The predicted octanol–water partition coefficient (Wildman–Crippen LogP) is -0.478. The third-order valence-electron chi connectivity index (χ3n) is 1.67. The molecule has 0 heterocycles. The zero-order valence-electron chi connectivity index (χ0n) is 9.78. The van der Waals surface area contributed by atoms with Crippen molar-refractivity contribution in [1.82, 2.24) is 5.32 Å². The number of methoxy groups -OCH3 is 1. The highest BCUT2D eigenvalue weighted by molar-refractivity contribution is 8.00. The first-order valence-electron chi connectivity index (χ1n) is 4.85. The third kappa shape index (κ3) is 6.14. The summed E-state index contributed by atoms with van der Waals surface area (Å²) in [4.78, 5) is 22.3. The van der Waals surface area contributed by atoms with Crippen LogP contribution in [0.1, 0.15) is 0 Å². The molecule has 0 rings (SSSR count). The monoisotopic (exact) mass is 234 g/mol. The molecule has 0 aromatic heterocycles. The average Bonchev–Trinajstić information content (AvgIpc) is 2.31. The molecule has 0 aliphatic rings. The Balaban J connectivity index is 3.95. The minimum Gasteiger partial charge on any atom is -0.468 e. The fourth-order valence-electron chi connectivity index (χ4n) is 0.825. The van der Waals surface area contributed by atoms with E-state index in [9.17, 15) is 9.59 Å². The first-order valence-corrected chi connectivity index (χ1v) is 5.50. The number of nitrogens with two attached hydrogens (primary N) is 1. The molecule has 0 aliphatic carbocycles. The lowest BCUT2D eigenvalue weighted by Crippen LogP contribution is -2.35. The fourth-order valence-corrected chi connectivity index (χ4v) is 1.79. The van der Waals surface area contributed by atoms with Crippen molar-refractivity contribution in [2.75, 3.05) is 25.7 Å². The summed E-state index contributed by atoms with van der Waals surface area (Å²) in [6, 6.07) is -0.362. The highest BCUT2D eigenvalue weighted by Gasteiger charge is 2.14. The lowest BCUT2D eigenvalue weighted by Gasteiger charge is -2.11. The molecule has 0 saturated carbocycles. The molecule has 0 saturated heterocycles. The van der Waals surface area contributed by atoms with Crippen molar-refractivity contribution in [3.8, 4) is 0 Å². The van der Waals surface area contributed by atoms with Crippen molar-refractivity contribution < 1.29 is 15.7 Å². The molecule has 0 radical (unpaired) electrons. The van der Waals surface area contributed by atoms with Crippen LogP contribution in [0.3, 0.4) is 0 Å². The molecular weight excluding hydrogens is 216 g/mol. The highest BCUT2D eigenvalue weighted by atomic mass is 32.2. The van der Waals surface area contributed by atoms with Gasteiger partial charge in [0.05, 0.1) is 18.9 Å². The number of rotatable bonds is 8. The van der Waals surface area contributed by atoms with Crippen LogP contribution in [0.15, 0.2) is 12.3 Å². The minimum absolute atomic E-state index is 0.139. The second-order valence-electron chi connectivity index (χ2n) is 2.67. The van der Waals surface area contributed by atoms with E-state index in [1.54, 1.807) is 7.05 Å². The molecule has 0 fully saturated rings. The number of carbonyl (C=O) groups excluding carboxylic acids is 2. The summed E-state index contributed by atoms with van der Waals surface area (Å²) in [6.45, 7) is 0. The third-order valence-corrected chi connectivity index (χ3v) is 2.68. The van der Waals surface area contributed by atoms with Crippen LogP contribution >= 0.6 is 11.8 Å². The molecule has 0 aromatic rings. The Bertz CT molecular complexity index is 261. The number of ether oxygens (including phenoxy) is 1. The maximum Gasteiger partial charge on any atom is 0.315 e. The summed E-state index contributed by atoms with van der Waals surface area (Å²) < 4.78 is 11.1. The quantitative estimate of drug-likeness (QED) is 0.436. The first-order chi connectivity index (χ1) is 7.65. The Kier molecular flexibility index (Phi) is 6.68. The molecule has 5 nitrogen and oxygen atoms in total. The van der Waals surface area contributed by atoms with Gasteiger partial charge < -0.3 is 15.8 Å². The van der Waals surface area contributed by atoms with Crippen LogP contribution in [0.2, 0.25) is 1.41 Å². The van der Waals surface area contributed by atoms with E-state index < -0.39 is 0 Å². The van der Waals surface area contributed by atoms with Gasteiger partial charge in [0.1, 0.15) is 0 Å². The Morgan fingerprint density at radius 1 is 1.73 bits per heavy atom. The molecule has 0 unspecified atom stereocenters. The van der Waals surface area contributed by atoms with Gasteiger partial charge in [0.2, 0.25) is 0 Å². The highest BCUT2D eigenvalue weighted by Crippen LogP contribution is 2.04. The second-order valence-corrected chi connectivity index (χ2v) is 3.70. The van der Waals surface area contributed by atoms with Gasteiger partial charge in [0.15, 0.2) is 7.20 Å². The first kappa shape index (κ1) is 12.1. The van der Waals surface area contributed by atoms with Crippen LogP contribution < -0.4 is 11.0 Å². The molecule has 86 valence electrons. The standard InChI is InChI=1S/C9H16N2O3S/c1-11-7(8(12)3-4-10)5-15-6-9(13)14-2/h3-4,7,11H,5-6,10H2,1-2H3/t7-/m0/s1/i/hT. The fraction of sp³-hybridized carbons (Fsp3) is 0.556. The van der Waals surface area contributed by atoms with E-state index in [0.717, 1.165) is 0 Å². The second kappa shape index (κ2) is 8.31. The molecule has 0 aromatic carbocycles. The number of ketones is 1. The van der Waals surface area contributed by atoms with Crippen molar-refractivity contribution >= 4 is 23.5 Å². The zero-order valence-corrected chi connectivity index (χ0v) is 9.60. The maximum absolute atomic E-state index is 11.5. The van der Waals surface area contributed by atoms with Gasteiger partial charge in [-0.05, 0) is 19.3 Å². The van der Waals surface area contributed by atoms with Crippen molar-refractivity contribution in [1.29, 1.82) is 0 Å². The summed E-state index contributed by atoms with van der Waals surface area (Å²) in [7, 11) is 3.00. The van der Waals surface area contributed by atoms with Gasteiger partial charge >= 0.3 is 5.97 Å². The molecule has 0 amide bonds. The van der Waals surface area contributed by atoms with Gasteiger partial charge in [-0.2, -0.15) is 0 Å². The number of esters is 1. The van der Waals surface area contributed by atoms with Crippen LogP contribution in [0.5, 0.6) is 0 Å². The van der Waals surface area contributed by atoms with Gasteiger partial charge in [-0.25, -0.2) is 0 Å². The summed E-state index contributed by atoms with van der Waals surface area (Å²) in [5.41, 5.74) is 2.00. The van der Waals surface area contributed by atoms with Gasteiger partial charge in [-0.3, -0.25) is 9.59 Å². The molecule has 0 aliphatic heterocycles. The number of hydrogen-bond acceptors (Lipinski definition) is 6. The number of likely N-dealkylation sites (N-methyl/N-ethyl adjacent to an activating group) is 1. The van der Waals surface area contributed by atoms with E-state index in [1.807, 2.05) is 5.73 Å². The van der Waals surface area contributed by atoms with E-state index >= 15 is 0 Å². The molecule has 0 bridgehead atoms. The van der Waals surface area contributed by atoms with E-state index in [0.29, 0.717) is 5.75 Å². The minimum atomic E-state index is -0.362. The van der Waals surface area contributed by atoms with E-state index in [2.05, 4.69) is 10.1 Å². The summed E-state index contributed by atoms with van der Waals surface area (Å²) in [5.74, 6) is 0.255. The van der Waals surface area contributed by atoms with Crippen LogP contribution in [0.25, 0.3) is 0 Å². The van der Waals surface area contributed by atoms with E-state index in [4.69, 9.17) is 1.41 Å². The predicted molar refractivity (Wildman–Crippen MR) is 60.5 cm³/mol. The van der Waals surface area contributed by atoms with Crippen molar-refractivity contribution in [2.45, 2.75) is 6.04 Å². The molecular formula is C9H16N2O3S. The summed E-state index contributed by atoms with van der Waals surface area (Å²) in [5, 5.41) is 2.84. The lowest BCUT2D eigenvalue weighted by molar-refractivity contribution is -0.137. The number of nitrogens with one attached hydrogen (secondary N) is 1. The Hall–Kier alpha value is -1.01.